The van der Waals surface area contributed by atoms with E-state index >= 15 is 0 Å². The van der Waals surface area contributed by atoms with Gasteiger partial charge in [-0.2, -0.15) is 0 Å². The maximum atomic E-state index is 5.90. The number of nitrogens with one attached hydrogen (secondary N) is 1. The zero-order chi connectivity index (χ0) is 12.8. The maximum Gasteiger partial charge on any atom is 0.0393 e. The van der Waals surface area contributed by atoms with Gasteiger partial charge < -0.3 is 16.0 Å². The molecule has 3 heteroatoms. The second kappa shape index (κ2) is 6.50. The summed E-state index contributed by atoms with van der Waals surface area (Å²) in [5.74, 6) is 0. The van der Waals surface area contributed by atoms with E-state index in [-0.39, 0.29) is 0 Å². The predicted molar refractivity (Wildman–Crippen MR) is 76.5 cm³/mol. The van der Waals surface area contributed by atoms with E-state index in [1.807, 2.05) is 12.1 Å². The molecule has 0 aromatic heterocycles. The molecule has 0 aliphatic rings. The molecule has 0 radical (unpaired) electrons. The Hall–Kier alpha value is -1.22. The Balaban J connectivity index is 2.61. The predicted octanol–water partition coefficient (Wildman–Crippen LogP) is 2.72. The highest BCUT2D eigenvalue weighted by atomic mass is 15.1. The minimum absolute atomic E-state index is 0.426. The SMILES string of the molecule is CCN(CC)CC(C)Nc1cccc(N)c1C. The third-order valence-corrected chi connectivity index (χ3v) is 3.20. The summed E-state index contributed by atoms with van der Waals surface area (Å²) in [4.78, 5) is 2.42. The van der Waals surface area contributed by atoms with E-state index in [9.17, 15) is 0 Å². The summed E-state index contributed by atoms with van der Waals surface area (Å²) in [6.45, 7) is 11.9. The van der Waals surface area contributed by atoms with E-state index < -0.39 is 0 Å². The van der Waals surface area contributed by atoms with Gasteiger partial charge in [0, 0.05) is 24.0 Å². The van der Waals surface area contributed by atoms with Gasteiger partial charge >= 0.3 is 0 Å². The summed E-state index contributed by atoms with van der Waals surface area (Å²) in [5.41, 5.74) is 9.03. The third kappa shape index (κ3) is 3.93. The molecule has 96 valence electrons. The Bertz CT molecular complexity index is 345. The fraction of sp³-hybridized carbons (Fsp3) is 0.571. The van der Waals surface area contributed by atoms with Gasteiger partial charge in [0.05, 0.1) is 0 Å². The van der Waals surface area contributed by atoms with Crippen LogP contribution in [0.4, 0.5) is 11.4 Å². The Kier molecular flexibility index (Phi) is 5.29. The molecular weight excluding hydrogens is 210 g/mol. The Morgan fingerprint density at radius 2 is 1.94 bits per heavy atom. The fourth-order valence-corrected chi connectivity index (χ4v) is 1.99. The average molecular weight is 235 g/mol. The number of likely N-dealkylation sites (N-methyl/N-ethyl adjacent to an activating group) is 1. The molecule has 1 atom stereocenters. The molecule has 0 amide bonds. The molecule has 0 spiro atoms. The van der Waals surface area contributed by atoms with Gasteiger partial charge in [0.15, 0.2) is 0 Å². The van der Waals surface area contributed by atoms with Crippen LogP contribution in [0.5, 0.6) is 0 Å². The third-order valence-electron chi connectivity index (χ3n) is 3.20. The van der Waals surface area contributed by atoms with E-state index in [4.69, 9.17) is 5.73 Å². The van der Waals surface area contributed by atoms with Crippen molar-refractivity contribution in [1.82, 2.24) is 4.90 Å². The zero-order valence-electron chi connectivity index (χ0n) is 11.5. The van der Waals surface area contributed by atoms with Crippen molar-refractivity contribution in [3.05, 3.63) is 23.8 Å². The first-order valence-corrected chi connectivity index (χ1v) is 6.42. The van der Waals surface area contributed by atoms with Gasteiger partial charge in [-0.1, -0.05) is 19.9 Å². The van der Waals surface area contributed by atoms with Crippen LogP contribution in [0, 0.1) is 6.92 Å². The Morgan fingerprint density at radius 1 is 1.29 bits per heavy atom. The van der Waals surface area contributed by atoms with Gasteiger partial charge in [-0.15, -0.1) is 0 Å². The summed E-state index contributed by atoms with van der Waals surface area (Å²) >= 11 is 0. The van der Waals surface area contributed by atoms with Crippen molar-refractivity contribution >= 4 is 11.4 Å². The van der Waals surface area contributed by atoms with Gasteiger partial charge in [0.1, 0.15) is 0 Å². The molecule has 0 aliphatic carbocycles. The molecule has 1 unspecified atom stereocenters. The molecule has 0 aliphatic heterocycles. The van der Waals surface area contributed by atoms with Crippen LogP contribution in [0.2, 0.25) is 0 Å². The summed E-state index contributed by atoms with van der Waals surface area (Å²) < 4.78 is 0. The standard InChI is InChI=1S/C14H25N3/c1-5-17(6-2)10-11(3)16-14-9-7-8-13(15)12(14)4/h7-9,11,16H,5-6,10,15H2,1-4H3. The smallest absolute Gasteiger partial charge is 0.0393 e. The van der Waals surface area contributed by atoms with Gasteiger partial charge in [-0.3, -0.25) is 0 Å². The summed E-state index contributed by atoms with van der Waals surface area (Å²) in [6, 6.07) is 6.45. The van der Waals surface area contributed by atoms with Crippen molar-refractivity contribution in [1.29, 1.82) is 0 Å². The first-order chi connectivity index (χ1) is 8.08. The fourth-order valence-electron chi connectivity index (χ4n) is 1.99. The number of nitrogen functional groups attached to an aromatic ring is 1. The van der Waals surface area contributed by atoms with Crippen LogP contribution < -0.4 is 11.1 Å². The van der Waals surface area contributed by atoms with E-state index in [0.29, 0.717) is 6.04 Å². The van der Waals surface area contributed by atoms with Crippen molar-refractivity contribution in [3.63, 3.8) is 0 Å². The van der Waals surface area contributed by atoms with Crippen molar-refractivity contribution in [2.75, 3.05) is 30.7 Å². The molecule has 0 heterocycles. The topological polar surface area (TPSA) is 41.3 Å². The van der Waals surface area contributed by atoms with Gasteiger partial charge in [0.2, 0.25) is 0 Å². The number of anilines is 2. The van der Waals surface area contributed by atoms with Crippen LogP contribution >= 0.6 is 0 Å². The molecule has 3 nitrogen and oxygen atoms in total. The molecule has 3 N–H and O–H groups in total. The number of nitrogens with two attached hydrogens (primary N) is 1. The lowest BCUT2D eigenvalue weighted by molar-refractivity contribution is 0.295. The summed E-state index contributed by atoms with van der Waals surface area (Å²) in [5, 5.41) is 3.53. The Labute approximate surface area is 105 Å². The highest BCUT2D eigenvalue weighted by molar-refractivity contribution is 5.63. The summed E-state index contributed by atoms with van der Waals surface area (Å²) in [7, 11) is 0. The molecule has 0 fully saturated rings. The van der Waals surface area contributed by atoms with Gasteiger partial charge in [-0.05, 0) is 44.6 Å². The first kappa shape index (κ1) is 13.8. The normalized spacial score (nSPS) is 12.8. The van der Waals surface area contributed by atoms with E-state index in [0.717, 1.165) is 36.6 Å². The quantitative estimate of drug-likeness (QED) is 0.745. The minimum atomic E-state index is 0.426. The first-order valence-electron chi connectivity index (χ1n) is 6.42. The van der Waals surface area contributed by atoms with Crippen molar-refractivity contribution in [2.45, 2.75) is 33.7 Å². The minimum Gasteiger partial charge on any atom is -0.398 e. The lowest BCUT2D eigenvalue weighted by Gasteiger charge is -2.25. The largest absolute Gasteiger partial charge is 0.398 e. The number of nitrogens with zero attached hydrogens (tertiary/aromatic N) is 1. The second-order valence-corrected chi connectivity index (χ2v) is 4.55. The number of hydrogen-bond acceptors (Lipinski definition) is 3. The second-order valence-electron chi connectivity index (χ2n) is 4.55. The molecule has 1 rings (SSSR count). The monoisotopic (exact) mass is 235 g/mol. The molecule has 0 saturated carbocycles. The lowest BCUT2D eigenvalue weighted by atomic mass is 10.1. The molecule has 1 aromatic rings. The molecular formula is C14H25N3. The molecule has 0 saturated heterocycles. The van der Waals surface area contributed by atoms with Crippen molar-refractivity contribution in [3.8, 4) is 0 Å². The number of benzene rings is 1. The summed E-state index contributed by atoms with van der Waals surface area (Å²) in [6.07, 6.45) is 0. The van der Waals surface area contributed by atoms with Gasteiger partial charge in [0.25, 0.3) is 0 Å². The molecule has 17 heavy (non-hydrogen) atoms. The van der Waals surface area contributed by atoms with Crippen molar-refractivity contribution in [2.24, 2.45) is 0 Å². The maximum absolute atomic E-state index is 5.90. The number of hydrogen-bond donors (Lipinski definition) is 2. The lowest BCUT2D eigenvalue weighted by Crippen LogP contribution is -2.34. The highest BCUT2D eigenvalue weighted by Crippen LogP contribution is 2.21. The molecule has 1 aromatic carbocycles. The van der Waals surface area contributed by atoms with E-state index in [2.05, 4.69) is 44.0 Å². The Morgan fingerprint density at radius 3 is 2.53 bits per heavy atom. The average Bonchev–Trinajstić information content (AvgIpc) is 2.32. The van der Waals surface area contributed by atoms with Gasteiger partial charge in [-0.25, -0.2) is 0 Å². The van der Waals surface area contributed by atoms with E-state index in [1.54, 1.807) is 0 Å². The van der Waals surface area contributed by atoms with Crippen LogP contribution in [0.3, 0.4) is 0 Å². The number of rotatable bonds is 6. The van der Waals surface area contributed by atoms with Crippen LogP contribution in [0.25, 0.3) is 0 Å². The zero-order valence-corrected chi connectivity index (χ0v) is 11.5. The van der Waals surface area contributed by atoms with Crippen LogP contribution in [0.1, 0.15) is 26.3 Å². The highest BCUT2D eigenvalue weighted by Gasteiger charge is 2.08. The van der Waals surface area contributed by atoms with E-state index in [1.165, 1.54) is 0 Å². The van der Waals surface area contributed by atoms with Crippen LogP contribution in [0.15, 0.2) is 18.2 Å². The molecule has 0 bridgehead atoms. The van der Waals surface area contributed by atoms with Crippen molar-refractivity contribution < 1.29 is 0 Å². The van der Waals surface area contributed by atoms with Crippen LogP contribution in [-0.4, -0.2) is 30.6 Å². The van der Waals surface area contributed by atoms with Crippen LogP contribution in [-0.2, 0) is 0 Å².